The number of nitrogens with zero attached hydrogens (tertiary/aromatic N) is 3. The smallest absolute Gasteiger partial charge is 0.163 e. The summed E-state index contributed by atoms with van der Waals surface area (Å²) in [5.74, 6) is 0. The van der Waals surface area contributed by atoms with Gasteiger partial charge >= 0.3 is 0 Å². The van der Waals surface area contributed by atoms with Crippen molar-refractivity contribution in [1.29, 1.82) is 0 Å². The van der Waals surface area contributed by atoms with Crippen LogP contribution in [0.4, 0.5) is 11.4 Å². The van der Waals surface area contributed by atoms with Gasteiger partial charge in [0.2, 0.25) is 0 Å². The minimum absolute atomic E-state index is 0.539. The number of hydrogen-bond donors (Lipinski definition) is 0. The molecule has 3 aliphatic rings. The molecule has 53 heavy (non-hydrogen) atoms. The van der Waals surface area contributed by atoms with E-state index in [-0.39, 0.29) is 0 Å². The first kappa shape index (κ1) is 34.8. The molecule has 5 nitrogen and oxygen atoms in total. The monoisotopic (exact) mass is 715 g/mol. The quantitative estimate of drug-likeness (QED) is 0.137. The van der Waals surface area contributed by atoms with Crippen LogP contribution < -0.4 is 15.3 Å². The average Bonchev–Trinajstić information content (AvgIpc) is 3.37. The van der Waals surface area contributed by atoms with Gasteiger partial charge in [0.25, 0.3) is 0 Å². The summed E-state index contributed by atoms with van der Waals surface area (Å²) in [5, 5.41) is 3.35. The van der Waals surface area contributed by atoms with Crippen LogP contribution in [0.5, 0.6) is 0 Å². The number of fused-ring (bicyclic) bond motifs is 5. The Morgan fingerprint density at radius 2 is 1.60 bits per heavy atom. The van der Waals surface area contributed by atoms with Crippen LogP contribution in [0, 0.1) is 10.4 Å². The number of aliphatic imine (C=N–C) groups is 1. The molecule has 2 atom stereocenters. The minimum atomic E-state index is -3.52. The highest BCUT2D eigenvalue weighted by Gasteiger charge is 2.36. The number of sulfone groups is 1. The molecule has 1 aliphatic heterocycles. The van der Waals surface area contributed by atoms with Gasteiger partial charge in [-0.05, 0) is 102 Å². The molecule has 0 N–H and O–H groups in total. The third-order valence-electron chi connectivity index (χ3n) is 10.9. The molecule has 2 aliphatic carbocycles. The maximum absolute atomic E-state index is 14.4. The number of anilines is 2. The Morgan fingerprint density at radius 3 is 2.42 bits per heavy atom. The molecule has 0 saturated heterocycles. The molecular weight excluding hydrogens is 671 g/mol. The first-order valence-electron chi connectivity index (χ1n) is 18.6. The largest absolute Gasteiger partial charge is 0.314 e. The van der Waals surface area contributed by atoms with Crippen molar-refractivity contribution in [1.82, 2.24) is 4.90 Å². The second-order valence-corrected chi connectivity index (χ2v) is 16.8. The van der Waals surface area contributed by atoms with Gasteiger partial charge in [-0.3, -0.25) is 4.99 Å². The lowest BCUT2D eigenvalue weighted by Gasteiger charge is -2.29. The van der Waals surface area contributed by atoms with E-state index in [4.69, 9.17) is 4.99 Å². The number of para-hydroxylation sites is 2. The van der Waals surface area contributed by atoms with Crippen LogP contribution in [-0.2, 0) is 22.7 Å². The van der Waals surface area contributed by atoms with Gasteiger partial charge in [-0.2, -0.15) is 0 Å². The number of benzene rings is 5. The summed E-state index contributed by atoms with van der Waals surface area (Å²) in [5.41, 5.74) is 9.78. The van der Waals surface area contributed by atoms with Crippen molar-refractivity contribution >= 4 is 39.6 Å². The lowest BCUT2D eigenvalue weighted by Crippen LogP contribution is -2.34. The zero-order chi connectivity index (χ0) is 36.5. The van der Waals surface area contributed by atoms with Crippen molar-refractivity contribution in [2.24, 2.45) is 4.99 Å². The maximum atomic E-state index is 14.4. The zero-order valence-corrected chi connectivity index (χ0v) is 31.3. The minimum Gasteiger partial charge on any atom is -0.314 e. The summed E-state index contributed by atoms with van der Waals surface area (Å²) in [6.45, 7) is 4.66. The first-order valence-corrected chi connectivity index (χ1v) is 20.2. The number of allylic oxidation sites excluding steroid dienone is 1. The third kappa shape index (κ3) is 6.62. The van der Waals surface area contributed by atoms with Crippen LogP contribution in [0.2, 0.25) is 0 Å². The second-order valence-electron chi connectivity index (χ2n) is 14.5. The molecule has 266 valence electrons. The lowest BCUT2D eigenvalue weighted by atomic mass is 9.87. The van der Waals surface area contributed by atoms with E-state index in [0.717, 1.165) is 73.4 Å². The fourth-order valence-electron chi connectivity index (χ4n) is 8.28. The van der Waals surface area contributed by atoms with E-state index in [1.165, 1.54) is 10.8 Å². The zero-order valence-electron chi connectivity index (χ0n) is 30.4. The van der Waals surface area contributed by atoms with E-state index in [9.17, 15) is 8.42 Å². The van der Waals surface area contributed by atoms with Crippen LogP contribution in [0.3, 0.4) is 0 Å². The summed E-state index contributed by atoms with van der Waals surface area (Å²) in [4.78, 5) is 9.29. The van der Waals surface area contributed by atoms with Gasteiger partial charge in [-0.25, -0.2) is 8.42 Å². The molecule has 0 spiro atoms. The summed E-state index contributed by atoms with van der Waals surface area (Å²) < 4.78 is 28.7. The van der Waals surface area contributed by atoms with E-state index < -0.39 is 20.3 Å². The van der Waals surface area contributed by atoms with Crippen LogP contribution in [0.1, 0.15) is 46.8 Å². The fraction of sp³-hybridized carbons (Fsp3) is 0.213. The normalized spacial score (nSPS) is 16.5. The van der Waals surface area contributed by atoms with Gasteiger partial charge in [0.15, 0.2) is 9.84 Å². The van der Waals surface area contributed by atoms with E-state index in [2.05, 4.69) is 133 Å². The molecule has 5 aromatic carbocycles. The molecule has 2 unspecified atom stereocenters. The predicted molar refractivity (Wildman–Crippen MR) is 220 cm³/mol. The summed E-state index contributed by atoms with van der Waals surface area (Å²) in [6.07, 6.45) is 13.6. The molecule has 0 aromatic heterocycles. The van der Waals surface area contributed by atoms with Gasteiger partial charge in [0, 0.05) is 30.0 Å². The van der Waals surface area contributed by atoms with Crippen LogP contribution >= 0.6 is 0 Å². The fourth-order valence-corrected chi connectivity index (χ4v) is 10.5. The van der Waals surface area contributed by atoms with Crippen molar-refractivity contribution < 1.29 is 8.42 Å². The highest BCUT2D eigenvalue weighted by atomic mass is 32.2. The Morgan fingerprint density at radius 1 is 0.849 bits per heavy atom. The number of hydrogen-bond acceptors (Lipinski definition) is 5. The maximum Gasteiger partial charge on any atom is 0.163 e. The predicted octanol–water partition coefficient (Wildman–Crippen LogP) is 8.17. The SMILES string of the molecule is C=CC(CCN(C)C)S(=O)(=O)C1CCC=c2ccc3c(c21)CC=c1c(-c2ccccc2N2C=C(Cc4ccccc4)N=Cc4ccccc42)cccc1=3. The summed E-state index contributed by atoms with van der Waals surface area (Å²) in [6, 6.07) is 38.4. The van der Waals surface area contributed by atoms with E-state index in [1.807, 2.05) is 31.3 Å². The van der Waals surface area contributed by atoms with Crippen molar-refractivity contribution in [3.63, 3.8) is 0 Å². The number of rotatable bonds is 10. The highest BCUT2D eigenvalue weighted by molar-refractivity contribution is 7.92. The average molecular weight is 716 g/mol. The van der Waals surface area contributed by atoms with Crippen molar-refractivity contribution in [2.45, 2.75) is 42.6 Å². The molecule has 1 heterocycles. The lowest BCUT2D eigenvalue weighted by molar-refractivity contribution is 0.400. The highest BCUT2D eigenvalue weighted by Crippen LogP contribution is 2.39. The third-order valence-corrected chi connectivity index (χ3v) is 13.4. The topological polar surface area (TPSA) is 53.0 Å². The Labute approximate surface area is 312 Å². The Kier molecular flexibility index (Phi) is 9.59. The molecule has 8 rings (SSSR count). The molecule has 5 aromatic rings. The molecule has 0 saturated carbocycles. The van der Waals surface area contributed by atoms with E-state index in [1.54, 1.807) is 6.08 Å². The van der Waals surface area contributed by atoms with Gasteiger partial charge in [0.05, 0.1) is 27.6 Å². The van der Waals surface area contributed by atoms with E-state index in [0.29, 0.717) is 25.8 Å². The van der Waals surface area contributed by atoms with Crippen molar-refractivity contribution in [3.05, 3.63) is 177 Å². The first-order chi connectivity index (χ1) is 25.8. The molecule has 0 fully saturated rings. The molecule has 0 radical (unpaired) electrons. The van der Waals surface area contributed by atoms with Crippen LogP contribution in [0.25, 0.3) is 23.3 Å². The van der Waals surface area contributed by atoms with Crippen molar-refractivity contribution in [3.8, 4) is 11.1 Å². The van der Waals surface area contributed by atoms with E-state index >= 15 is 0 Å². The van der Waals surface area contributed by atoms with Gasteiger partial charge in [-0.15, -0.1) is 6.58 Å². The van der Waals surface area contributed by atoms with Gasteiger partial charge in [-0.1, -0.05) is 115 Å². The molecular formula is C47H45N3O2S. The van der Waals surface area contributed by atoms with Crippen molar-refractivity contribution in [2.75, 3.05) is 25.5 Å². The Hall–Kier alpha value is -5.30. The molecule has 0 bridgehead atoms. The molecule has 6 heteroatoms. The summed E-state index contributed by atoms with van der Waals surface area (Å²) in [7, 11) is 0.447. The Bertz CT molecular complexity index is 2610. The summed E-state index contributed by atoms with van der Waals surface area (Å²) >= 11 is 0. The standard InChI is InChI=1S/C47H45N3O2S/c1-4-37(28-29-49(2)3)53(51,52)46-23-12-17-34-24-25-41-38-19-13-20-39(40(38)26-27-43(41)47(34)46)42-18-9-11-22-45(42)50-32-36(30-33-14-6-5-7-15-33)48-31-35-16-8-10-21-44(35)50/h4-11,13-22,24-26,31-32,37,46H,1,12,23,27-30H2,2-3H3. The molecule has 0 amide bonds. The van der Waals surface area contributed by atoms with Crippen LogP contribution in [0.15, 0.2) is 139 Å². The van der Waals surface area contributed by atoms with Crippen LogP contribution in [-0.4, -0.2) is 45.4 Å². The van der Waals surface area contributed by atoms with Gasteiger partial charge in [0.1, 0.15) is 0 Å². The van der Waals surface area contributed by atoms with Gasteiger partial charge < -0.3 is 9.80 Å². The Balaban J connectivity index is 1.28. The second kappa shape index (κ2) is 14.6.